The van der Waals surface area contributed by atoms with Crippen LogP contribution in [-0.2, 0) is 26.2 Å². The zero-order valence-electron chi connectivity index (χ0n) is 72.5. The van der Waals surface area contributed by atoms with Gasteiger partial charge in [0.1, 0.15) is 0 Å². The standard InChI is InChI=1S/4C24H50N.Zr/c4*1-3-5-7-9-11-13-15-17-19-21-23-25-24-22-20-18-16-14-12-10-8-6-4-2;/h4*3-24H2,1-2H3;/q4*-1;+4. The normalized spacial score (nSPS) is 11.2. The molecule has 0 aromatic heterocycles. The Balaban J connectivity index is -0.000000404. The van der Waals surface area contributed by atoms with E-state index in [2.05, 4.69) is 55.4 Å². The minimum Gasteiger partial charge on any atom is -0.662 e. The van der Waals surface area contributed by atoms with Crippen LogP contribution >= 0.6 is 0 Å². The third-order valence-electron chi connectivity index (χ3n) is 21.4. The van der Waals surface area contributed by atoms with Gasteiger partial charge in [0.25, 0.3) is 0 Å². The Morgan fingerprint density at radius 1 is 0.0891 bits per heavy atom. The molecule has 0 saturated carbocycles. The molecular formula is C96H200N4Zr. The van der Waals surface area contributed by atoms with E-state index in [4.69, 9.17) is 21.3 Å². The number of hydrogen-bond acceptors (Lipinski definition) is 0. The average molecular weight is 1500 g/mol. The van der Waals surface area contributed by atoms with Crippen molar-refractivity contribution >= 4 is 0 Å². The van der Waals surface area contributed by atoms with Crippen LogP contribution in [0.25, 0.3) is 21.3 Å². The van der Waals surface area contributed by atoms with Crippen LogP contribution in [0.2, 0.25) is 0 Å². The van der Waals surface area contributed by atoms with E-state index in [0.29, 0.717) is 0 Å². The van der Waals surface area contributed by atoms with Crippen LogP contribution < -0.4 is 0 Å². The van der Waals surface area contributed by atoms with Crippen molar-refractivity contribution in [3.63, 3.8) is 0 Å². The Morgan fingerprint density at radius 3 is 0.218 bits per heavy atom. The van der Waals surface area contributed by atoms with Crippen LogP contribution in [0.5, 0.6) is 0 Å². The fraction of sp³-hybridized carbons (Fsp3) is 1.00. The minimum atomic E-state index is 0. The predicted molar refractivity (Wildman–Crippen MR) is 467 cm³/mol. The van der Waals surface area contributed by atoms with Crippen molar-refractivity contribution in [2.75, 3.05) is 52.4 Å². The Labute approximate surface area is 664 Å². The fourth-order valence-corrected chi connectivity index (χ4v) is 14.1. The smallest absolute Gasteiger partial charge is 0.662 e. The first-order valence-corrected chi connectivity index (χ1v) is 48.2. The van der Waals surface area contributed by atoms with Crippen LogP contribution in [0, 0.1) is 0 Å². The fourth-order valence-electron chi connectivity index (χ4n) is 14.1. The minimum absolute atomic E-state index is 0. The summed E-state index contributed by atoms with van der Waals surface area (Å²) in [5, 5.41) is 18.8. The molecule has 0 aliphatic rings. The summed E-state index contributed by atoms with van der Waals surface area (Å²) in [6.07, 6.45) is 114. The number of rotatable bonds is 88. The first-order valence-electron chi connectivity index (χ1n) is 48.2. The van der Waals surface area contributed by atoms with Gasteiger partial charge in [-0.1, -0.05) is 569 Å². The molecule has 0 aliphatic carbocycles. The van der Waals surface area contributed by atoms with Crippen molar-refractivity contribution in [3.05, 3.63) is 21.3 Å². The van der Waals surface area contributed by atoms with Gasteiger partial charge >= 0.3 is 26.2 Å². The second-order valence-corrected chi connectivity index (χ2v) is 32.1. The SMILES string of the molecule is CCCCCCCCCCCC[N-]CCCCCCCCCCCC.CCCCCCCCCCCC[N-]CCCCCCCCCCCC.CCCCCCCCCCCC[N-]CCCCCCCCCCCC.CCCCCCCCCCCC[N-]CCCCCCCCCCCC.[Zr+4]. The molecule has 5 heteroatoms. The molecule has 0 saturated heterocycles. The molecule has 0 bridgehead atoms. The van der Waals surface area contributed by atoms with Crippen molar-refractivity contribution in [1.82, 2.24) is 0 Å². The quantitative estimate of drug-likeness (QED) is 0.0545. The van der Waals surface area contributed by atoms with Gasteiger partial charge in [-0.15, -0.1) is 52.4 Å². The molecule has 0 rings (SSSR count). The Bertz CT molecular complexity index is 961. The summed E-state index contributed by atoms with van der Waals surface area (Å²) in [6, 6.07) is 0. The van der Waals surface area contributed by atoms with E-state index in [1.54, 1.807) is 0 Å². The molecule has 101 heavy (non-hydrogen) atoms. The molecule has 0 spiro atoms. The molecule has 0 heterocycles. The molecule has 0 radical (unpaired) electrons. The molecule has 608 valence electrons. The van der Waals surface area contributed by atoms with Gasteiger partial charge in [-0.25, -0.2) is 0 Å². The van der Waals surface area contributed by atoms with E-state index in [1.165, 1.54) is 514 Å². The van der Waals surface area contributed by atoms with Crippen molar-refractivity contribution in [3.8, 4) is 0 Å². The topological polar surface area (TPSA) is 56.4 Å². The predicted octanol–water partition coefficient (Wildman–Crippen LogP) is 36.8. The van der Waals surface area contributed by atoms with Crippen molar-refractivity contribution in [1.29, 1.82) is 0 Å². The zero-order chi connectivity index (χ0) is 73.1. The van der Waals surface area contributed by atoms with Gasteiger partial charge in [0.2, 0.25) is 0 Å². The van der Waals surface area contributed by atoms with Gasteiger partial charge in [0, 0.05) is 0 Å². The van der Waals surface area contributed by atoms with E-state index in [1.807, 2.05) is 0 Å². The summed E-state index contributed by atoms with van der Waals surface area (Å²) in [6.45, 7) is 27.3. The van der Waals surface area contributed by atoms with Crippen molar-refractivity contribution < 1.29 is 26.2 Å². The summed E-state index contributed by atoms with van der Waals surface area (Å²) < 4.78 is 0. The van der Waals surface area contributed by atoms with Crippen LogP contribution in [0.1, 0.15) is 569 Å². The molecule has 0 aliphatic heterocycles. The molecule has 0 fully saturated rings. The maximum atomic E-state index is 4.71. The van der Waals surface area contributed by atoms with E-state index in [0.717, 1.165) is 52.4 Å². The summed E-state index contributed by atoms with van der Waals surface area (Å²) in [4.78, 5) is 0. The van der Waals surface area contributed by atoms with E-state index in [9.17, 15) is 0 Å². The van der Waals surface area contributed by atoms with Gasteiger partial charge in [0.05, 0.1) is 0 Å². The molecule has 0 N–H and O–H groups in total. The van der Waals surface area contributed by atoms with Crippen LogP contribution in [0.15, 0.2) is 0 Å². The molecule has 0 aromatic rings. The van der Waals surface area contributed by atoms with Gasteiger partial charge in [0.15, 0.2) is 0 Å². The molecule has 0 atom stereocenters. The Morgan fingerprint density at radius 2 is 0.149 bits per heavy atom. The van der Waals surface area contributed by atoms with Crippen molar-refractivity contribution in [2.45, 2.75) is 569 Å². The monoisotopic (exact) mass is 1500 g/mol. The third-order valence-corrected chi connectivity index (χ3v) is 21.4. The molecule has 0 amide bonds. The van der Waals surface area contributed by atoms with E-state index < -0.39 is 0 Å². The van der Waals surface area contributed by atoms with Gasteiger partial charge in [-0.2, -0.15) is 0 Å². The first-order chi connectivity index (χ1) is 49.7. The Hall–Kier alpha value is 0.723. The number of hydrogen-bond donors (Lipinski definition) is 0. The van der Waals surface area contributed by atoms with Crippen LogP contribution in [-0.4, -0.2) is 52.4 Å². The van der Waals surface area contributed by atoms with Gasteiger partial charge in [-0.05, 0) is 0 Å². The number of unbranched alkanes of at least 4 members (excludes halogenated alkanes) is 72. The second kappa shape index (κ2) is 117. The third kappa shape index (κ3) is 125. The summed E-state index contributed by atoms with van der Waals surface area (Å²) >= 11 is 0. The Kier molecular flexibility index (Phi) is 127. The molecule has 0 aromatic carbocycles. The zero-order valence-corrected chi connectivity index (χ0v) is 75.0. The van der Waals surface area contributed by atoms with Crippen LogP contribution in [0.3, 0.4) is 0 Å². The average Bonchev–Trinajstić information content (AvgIpc) is 3.66. The van der Waals surface area contributed by atoms with Crippen molar-refractivity contribution in [2.24, 2.45) is 0 Å². The van der Waals surface area contributed by atoms with E-state index in [-0.39, 0.29) is 26.2 Å². The maximum absolute atomic E-state index is 4.71. The summed E-state index contributed by atoms with van der Waals surface area (Å²) in [5.41, 5.74) is 0. The van der Waals surface area contributed by atoms with Gasteiger partial charge in [-0.3, -0.25) is 0 Å². The molecule has 4 nitrogen and oxygen atoms in total. The molecule has 0 unspecified atom stereocenters. The second-order valence-electron chi connectivity index (χ2n) is 32.1. The van der Waals surface area contributed by atoms with Gasteiger partial charge < -0.3 is 21.3 Å². The number of nitrogens with zero attached hydrogens (tertiary/aromatic N) is 4. The maximum Gasteiger partial charge on any atom is 4.00 e. The van der Waals surface area contributed by atoms with Crippen LogP contribution in [0.4, 0.5) is 0 Å². The first kappa shape index (κ1) is 110. The summed E-state index contributed by atoms with van der Waals surface area (Å²) in [5.74, 6) is 0. The summed E-state index contributed by atoms with van der Waals surface area (Å²) in [7, 11) is 0. The largest absolute Gasteiger partial charge is 4.00 e. The molecular weight excluding hydrogens is 1300 g/mol. The van der Waals surface area contributed by atoms with E-state index >= 15 is 0 Å².